The summed E-state index contributed by atoms with van der Waals surface area (Å²) >= 11 is 0. The predicted octanol–water partition coefficient (Wildman–Crippen LogP) is 2.90. The Kier molecular flexibility index (Phi) is 5.01. The highest BCUT2D eigenvalue weighted by Crippen LogP contribution is 2.50. The van der Waals surface area contributed by atoms with Crippen LogP contribution in [-0.4, -0.2) is 46.5 Å². The monoisotopic (exact) mass is 365 g/mol. The Labute approximate surface area is 153 Å². The zero-order valence-corrected chi connectivity index (χ0v) is 15.6. The maximum absolute atomic E-state index is 14.5. The summed E-state index contributed by atoms with van der Waals surface area (Å²) in [6.45, 7) is 6.14. The Hall–Kier alpha value is -1.66. The van der Waals surface area contributed by atoms with Crippen molar-refractivity contribution < 1.29 is 24.1 Å². The van der Waals surface area contributed by atoms with Crippen molar-refractivity contribution in [2.75, 3.05) is 19.7 Å². The molecular formula is C20H28FNO4. The number of hydrogen-bond acceptors (Lipinski definition) is 4. The minimum absolute atomic E-state index is 0.00183. The number of amides is 1. The third-order valence-corrected chi connectivity index (χ3v) is 5.54. The number of nitrogens with zero attached hydrogens (tertiary/aromatic N) is 1. The summed E-state index contributed by atoms with van der Waals surface area (Å²) < 4.78 is 19.9. The van der Waals surface area contributed by atoms with Crippen LogP contribution >= 0.6 is 0 Å². The molecule has 1 aromatic rings. The minimum atomic E-state index is -1.40. The number of hydrogen-bond donors (Lipinski definition) is 2. The molecule has 4 atom stereocenters. The van der Waals surface area contributed by atoms with Crippen LogP contribution in [0.1, 0.15) is 39.2 Å². The van der Waals surface area contributed by atoms with Crippen LogP contribution in [0, 0.1) is 23.6 Å². The molecular weight excluding hydrogens is 337 g/mol. The van der Waals surface area contributed by atoms with Gasteiger partial charge in [0, 0.05) is 31.2 Å². The second-order valence-electron chi connectivity index (χ2n) is 8.64. The molecule has 1 saturated carbocycles. The van der Waals surface area contributed by atoms with Crippen molar-refractivity contribution in [2.45, 2.75) is 44.8 Å². The molecule has 0 bridgehead atoms. The third-order valence-electron chi connectivity index (χ3n) is 5.54. The van der Waals surface area contributed by atoms with E-state index in [-0.39, 0.29) is 36.3 Å². The van der Waals surface area contributed by atoms with Crippen LogP contribution in [0.2, 0.25) is 0 Å². The van der Waals surface area contributed by atoms with Gasteiger partial charge in [-0.05, 0) is 51.5 Å². The standard InChI is InChI=1S/C20H28FNO4/c1-19(2,3)26-18(24)22-10-14-8-13(12-23)9-20(25,16(14)11-22)15-6-4-5-7-17(15)21/h4-7,13-14,16,23,25H,8-12H2,1-3H3. The van der Waals surface area contributed by atoms with Crippen LogP contribution in [0.4, 0.5) is 9.18 Å². The summed E-state index contributed by atoms with van der Waals surface area (Å²) in [4.78, 5) is 14.1. The molecule has 2 N–H and O–H groups in total. The molecule has 1 saturated heterocycles. The molecule has 3 rings (SSSR count). The van der Waals surface area contributed by atoms with Crippen molar-refractivity contribution in [3.8, 4) is 0 Å². The largest absolute Gasteiger partial charge is 0.444 e. The lowest BCUT2D eigenvalue weighted by atomic mass is 9.64. The van der Waals surface area contributed by atoms with Crippen LogP contribution in [0.5, 0.6) is 0 Å². The van der Waals surface area contributed by atoms with Gasteiger partial charge in [0.2, 0.25) is 0 Å². The molecule has 0 radical (unpaired) electrons. The smallest absolute Gasteiger partial charge is 0.410 e. The van der Waals surface area contributed by atoms with E-state index in [2.05, 4.69) is 0 Å². The first-order valence-electron chi connectivity index (χ1n) is 9.20. The Morgan fingerprint density at radius 2 is 2.04 bits per heavy atom. The third kappa shape index (κ3) is 3.58. The van der Waals surface area contributed by atoms with E-state index in [1.807, 2.05) is 20.8 Å². The predicted molar refractivity (Wildman–Crippen MR) is 94.9 cm³/mol. The van der Waals surface area contributed by atoms with Gasteiger partial charge in [-0.2, -0.15) is 0 Å². The van der Waals surface area contributed by atoms with E-state index in [1.165, 1.54) is 6.07 Å². The Morgan fingerprint density at radius 1 is 1.35 bits per heavy atom. The summed E-state index contributed by atoms with van der Waals surface area (Å²) in [5, 5.41) is 21.2. The maximum Gasteiger partial charge on any atom is 0.410 e. The van der Waals surface area contributed by atoms with E-state index >= 15 is 0 Å². The van der Waals surface area contributed by atoms with Crippen molar-refractivity contribution in [1.29, 1.82) is 0 Å². The molecule has 1 aliphatic heterocycles. The first-order valence-corrected chi connectivity index (χ1v) is 9.20. The van der Waals surface area contributed by atoms with E-state index in [4.69, 9.17) is 4.74 Å². The molecule has 0 aromatic heterocycles. The second kappa shape index (κ2) is 6.82. The Bertz CT molecular complexity index is 674. The highest BCUT2D eigenvalue weighted by atomic mass is 19.1. The number of likely N-dealkylation sites (tertiary alicyclic amines) is 1. The van der Waals surface area contributed by atoms with Crippen molar-refractivity contribution in [3.63, 3.8) is 0 Å². The minimum Gasteiger partial charge on any atom is -0.444 e. The number of aliphatic hydroxyl groups excluding tert-OH is 1. The summed E-state index contributed by atoms with van der Waals surface area (Å²) in [5.74, 6) is -0.866. The van der Waals surface area contributed by atoms with Crippen LogP contribution in [0.3, 0.4) is 0 Å². The molecule has 144 valence electrons. The Morgan fingerprint density at radius 3 is 2.65 bits per heavy atom. The lowest BCUT2D eigenvalue weighted by Crippen LogP contribution is -2.47. The zero-order chi connectivity index (χ0) is 19.1. The topological polar surface area (TPSA) is 70.0 Å². The average molecular weight is 365 g/mol. The number of aliphatic hydroxyl groups is 2. The van der Waals surface area contributed by atoms with E-state index in [0.717, 1.165) is 0 Å². The number of carbonyl (C=O) groups is 1. The van der Waals surface area contributed by atoms with Crippen LogP contribution in [-0.2, 0) is 10.3 Å². The summed E-state index contributed by atoms with van der Waals surface area (Å²) in [6, 6.07) is 6.23. The molecule has 6 heteroatoms. The van der Waals surface area contributed by atoms with E-state index in [0.29, 0.717) is 19.5 Å². The Balaban J connectivity index is 1.89. The molecule has 1 heterocycles. The summed E-state index contributed by atoms with van der Waals surface area (Å²) in [5.41, 5.74) is -1.75. The van der Waals surface area contributed by atoms with Crippen molar-refractivity contribution in [3.05, 3.63) is 35.6 Å². The van der Waals surface area contributed by atoms with Gasteiger partial charge in [-0.1, -0.05) is 18.2 Å². The van der Waals surface area contributed by atoms with Gasteiger partial charge in [0.1, 0.15) is 11.4 Å². The van der Waals surface area contributed by atoms with E-state index < -0.39 is 23.1 Å². The molecule has 1 amide bonds. The van der Waals surface area contributed by atoms with Gasteiger partial charge < -0.3 is 19.8 Å². The van der Waals surface area contributed by atoms with Crippen molar-refractivity contribution in [2.24, 2.45) is 17.8 Å². The van der Waals surface area contributed by atoms with Crippen molar-refractivity contribution in [1.82, 2.24) is 4.90 Å². The quantitative estimate of drug-likeness (QED) is 0.845. The molecule has 1 aliphatic carbocycles. The number of carbonyl (C=O) groups excluding carboxylic acids is 1. The molecule has 4 unspecified atom stereocenters. The maximum atomic E-state index is 14.5. The highest BCUT2D eigenvalue weighted by Gasteiger charge is 2.54. The van der Waals surface area contributed by atoms with Gasteiger partial charge >= 0.3 is 6.09 Å². The fourth-order valence-corrected chi connectivity index (χ4v) is 4.49. The number of halogens is 1. The SMILES string of the molecule is CC(C)(C)OC(=O)N1CC2CC(CO)CC(O)(c3ccccc3F)C2C1. The molecule has 26 heavy (non-hydrogen) atoms. The summed E-state index contributed by atoms with van der Waals surface area (Å²) in [6.07, 6.45) is 0.577. The van der Waals surface area contributed by atoms with Gasteiger partial charge in [-0.15, -0.1) is 0 Å². The molecule has 5 nitrogen and oxygen atoms in total. The molecule has 2 aliphatic rings. The normalized spacial score (nSPS) is 31.6. The van der Waals surface area contributed by atoms with E-state index in [1.54, 1.807) is 23.1 Å². The molecule has 0 spiro atoms. The first kappa shape index (κ1) is 19.1. The lowest BCUT2D eigenvalue weighted by Gasteiger charge is -2.44. The van der Waals surface area contributed by atoms with Gasteiger partial charge in [0.15, 0.2) is 0 Å². The molecule has 2 fully saturated rings. The summed E-state index contributed by atoms with van der Waals surface area (Å²) in [7, 11) is 0. The van der Waals surface area contributed by atoms with Gasteiger partial charge in [0.05, 0.1) is 5.60 Å². The molecule has 1 aromatic carbocycles. The number of benzene rings is 1. The number of ether oxygens (including phenoxy) is 1. The van der Waals surface area contributed by atoms with Gasteiger partial charge in [-0.3, -0.25) is 0 Å². The van der Waals surface area contributed by atoms with Crippen molar-refractivity contribution >= 4 is 6.09 Å². The van der Waals surface area contributed by atoms with Crippen LogP contribution < -0.4 is 0 Å². The van der Waals surface area contributed by atoms with E-state index in [9.17, 15) is 19.4 Å². The second-order valence-corrected chi connectivity index (χ2v) is 8.64. The highest BCUT2D eigenvalue weighted by molar-refractivity contribution is 5.68. The lowest BCUT2D eigenvalue weighted by molar-refractivity contribution is -0.0928. The zero-order valence-electron chi connectivity index (χ0n) is 15.6. The van der Waals surface area contributed by atoms with Crippen LogP contribution in [0.25, 0.3) is 0 Å². The van der Waals surface area contributed by atoms with Crippen LogP contribution in [0.15, 0.2) is 24.3 Å². The number of rotatable bonds is 2. The fraction of sp³-hybridized carbons (Fsp3) is 0.650. The van der Waals surface area contributed by atoms with Gasteiger partial charge in [-0.25, -0.2) is 9.18 Å². The van der Waals surface area contributed by atoms with Gasteiger partial charge in [0.25, 0.3) is 0 Å². The average Bonchev–Trinajstić information content (AvgIpc) is 2.98. The first-order chi connectivity index (χ1) is 12.1. The fourth-order valence-electron chi connectivity index (χ4n) is 4.49. The number of fused-ring (bicyclic) bond motifs is 1.